The van der Waals surface area contributed by atoms with Gasteiger partial charge in [-0.05, 0) is 213 Å². The minimum absolute atomic E-state index is 0.125. The lowest BCUT2D eigenvalue weighted by atomic mass is 9.99. The molecule has 0 radical (unpaired) electrons. The second-order valence-electron chi connectivity index (χ2n) is 21.8. The van der Waals surface area contributed by atoms with E-state index in [2.05, 4.69) is 48.5 Å². The predicted octanol–water partition coefficient (Wildman–Crippen LogP) is 16.1. The minimum atomic E-state index is -3.36. The molecule has 0 saturated carbocycles. The summed E-state index contributed by atoms with van der Waals surface area (Å²) in [7, 11) is -3.36. The zero-order chi connectivity index (χ0) is 60.3. The van der Waals surface area contributed by atoms with Crippen LogP contribution < -0.4 is 39.7 Å². The summed E-state index contributed by atoms with van der Waals surface area (Å²) < 4.78 is 26.1. The smallest absolute Gasteiger partial charge is 0.193 e. The van der Waals surface area contributed by atoms with Gasteiger partial charge in [-0.3, -0.25) is 19.2 Å². The molecule has 9 heteroatoms. The third-order valence-electron chi connectivity index (χ3n) is 16.1. The molecule has 12 heterocycles. The minimum Gasteiger partial charge on any atom is -0.457 e. The van der Waals surface area contributed by atoms with Crippen LogP contribution in [-0.4, -0.2) is 31.2 Å². The van der Waals surface area contributed by atoms with E-state index in [9.17, 15) is 19.2 Å². The number of hydrogen-bond donors (Lipinski definition) is 0. The van der Waals surface area contributed by atoms with Gasteiger partial charge in [-0.25, -0.2) is 0 Å². The van der Waals surface area contributed by atoms with Gasteiger partial charge < -0.3 is 18.9 Å². The van der Waals surface area contributed by atoms with Crippen molar-refractivity contribution in [1.82, 2.24) is 0 Å². The molecule has 12 aliphatic heterocycles. The molecule has 89 heavy (non-hydrogen) atoms. The third kappa shape index (κ3) is 11.6. The largest absolute Gasteiger partial charge is 0.457 e. The summed E-state index contributed by atoms with van der Waals surface area (Å²) in [6, 6.07) is 91.3. The second kappa shape index (κ2) is 23.9. The monoisotopic (exact) mass is 1170 g/mol. The van der Waals surface area contributed by atoms with Crippen molar-refractivity contribution in [3.05, 3.63) is 358 Å². The number of benzene rings is 12. The van der Waals surface area contributed by atoms with Gasteiger partial charge in [0.2, 0.25) is 0 Å². The maximum atomic E-state index is 13.9. The standard InChI is InChI=1S/C80H52O8Si/c81-77-57-17-25-65(26-18-57)85-69-33-41-73(42-34-69)89(74-43-35-70(36-44-74)86-66-27-19-58(20-28-66)78(82)62-10-2-6-54(50-62)14-13-53-5-1-9-61(77)49-53)75-45-37-71(38-46-75)87-67-29-21-59(22-30-67)79(83)63-11-3-7-55(51-63)15-16-56-8-4-12-64(52-56)80(84)60-23-31-68(32-24-60)88-72-39-47-76(89)48-40-72/h1-52H. The molecule has 0 atom stereocenters. The fraction of sp³-hybridized carbons (Fsp3) is 0. The summed E-state index contributed by atoms with van der Waals surface area (Å²) in [6.07, 6.45) is 7.74. The molecule has 8 nitrogen and oxygen atoms in total. The van der Waals surface area contributed by atoms with Crippen LogP contribution in [0.15, 0.2) is 291 Å². The first kappa shape index (κ1) is 55.1. The quantitative estimate of drug-likeness (QED) is 0.138. The van der Waals surface area contributed by atoms with E-state index in [4.69, 9.17) is 18.9 Å². The lowest BCUT2D eigenvalue weighted by Crippen LogP contribution is -2.74. The number of carbonyl (C=O) groups is 4. The molecule has 1 spiro atoms. The number of ether oxygens (including phenoxy) is 4. The SMILES string of the molecule is O=C1c2ccc(cc2)Oc2ccc(cc2)[Si]2(c3ccc(cc3)Oc3ccc(cc3)C(=O)c3cccc(c3)C=Cc3cccc1c3)c1ccc(cc1)Oc1ccc(cc1)C(=O)c1cccc(c1)C=Cc1cccc(c1)C(=O)c1ccc(cc1)Oc1ccc2cc1. The summed E-state index contributed by atoms with van der Waals surface area (Å²) in [5, 5.41) is 4.15. The van der Waals surface area contributed by atoms with E-state index < -0.39 is 8.07 Å². The molecule has 0 aromatic heterocycles. The van der Waals surface area contributed by atoms with Crippen LogP contribution in [0.25, 0.3) is 24.3 Å². The van der Waals surface area contributed by atoms with Crippen LogP contribution in [0, 0.1) is 0 Å². The molecular weight excluding hydrogens is 1120 g/mol. The number of rotatable bonds is 0. The Bertz CT molecular complexity index is 4110. The normalized spacial score (nSPS) is 13.4. The van der Waals surface area contributed by atoms with Gasteiger partial charge in [0.15, 0.2) is 31.2 Å². The average Bonchev–Trinajstić information content (AvgIpc) is 0.878. The van der Waals surface area contributed by atoms with Gasteiger partial charge in [-0.1, -0.05) is 146 Å². The van der Waals surface area contributed by atoms with Gasteiger partial charge in [0.1, 0.15) is 46.0 Å². The van der Waals surface area contributed by atoms with Gasteiger partial charge in [0.05, 0.1) is 0 Å². The Kier molecular flexibility index (Phi) is 14.8. The molecule has 0 N–H and O–H groups in total. The molecule has 0 aliphatic carbocycles. The molecule has 0 saturated heterocycles. The maximum absolute atomic E-state index is 13.9. The Morgan fingerprint density at radius 2 is 0.371 bits per heavy atom. The van der Waals surface area contributed by atoms with Crippen molar-refractivity contribution in [2.75, 3.05) is 0 Å². The van der Waals surface area contributed by atoms with Crippen LogP contribution in [0.2, 0.25) is 0 Å². The summed E-state index contributed by atoms with van der Waals surface area (Å²) in [5.41, 5.74) is 7.60. The highest BCUT2D eigenvalue weighted by molar-refractivity contribution is 7.19. The second-order valence-corrected chi connectivity index (χ2v) is 25.6. The van der Waals surface area contributed by atoms with Gasteiger partial charge in [-0.15, -0.1) is 0 Å². The fourth-order valence-electron chi connectivity index (χ4n) is 11.5. The fourth-order valence-corrected chi connectivity index (χ4v) is 16.2. The van der Waals surface area contributed by atoms with E-state index in [1.54, 1.807) is 121 Å². The van der Waals surface area contributed by atoms with E-state index in [0.717, 1.165) is 43.0 Å². The number of hydrogen-bond acceptors (Lipinski definition) is 8. The zero-order valence-electron chi connectivity index (χ0n) is 47.8. The van der Waals surface area contributed by atoms with Gasteiger partial charge in [-0.2, -0.15) is 0 Å². The number of carbonyl (C=O) groups excluding carboxylic acids is 4. The van der Waals surface area contributed by atoms with Crippen LogP contribution in [-0.2, 0) is 0 Å². The van der Waals surface area contributed by atoms with E-state index in [1.807, 2.05) is 146 Å². The Morgan fingerprint density at radius 1 is 0.191 bits per heavy atom. The first-order valence-corrected chi connectivity index (χ1v) is 31.1. The third-order valence-corrected chi connectivity index (χ3v) is 20.9. The van der Waals surface area contributed by atoms with Crippen molar-refractivity contribution in [2.45, 2.75) is 0 Å². The van der Waals surface area contributed by atoms with Crippen molar-refractivity contribution in [3.63, 3.8) is 0 Å². The Hall–Kier alpha value is -11.8. The van der Waals surface area contributed by atoms with E-state index in [1.165, 1.54) is 0 Å². The number of ketones is 4. The lowest BCUT2D eigenvalue weighted by molar-refractivity contribution is 0.103. The number of fused-ring (bicyclic) bond motifs is 4. The molecule has 24 bridgehead atoms. The highest BCUT2D eigenvalue weighted by Crippen LogP contribution is 2.30. The Balaban J connectivity index is 0.873. The summed E-state index contributed by atoms with van der Waals surface area (Å²) in [6.45, 7) is 0. The van der Waals surface area contributed by atoms with Gasteiger partial charge >= 0.3 is 0 Å². The maximum Gasteiger partial charge on any atom is 0.193 e. The van der Waals surface area contributed by atoms with E-state index in [-0.39, 0.29) is 23.1 Å². The van der Waals surface area contributed by atoms with E-state index >= 15 is 0 Å². The molecule has 12 aliphatic rings. The molecule has 12 aromatic carbocycles. The topological polar surface area (TPSA) is 105 Å². The van der Waals surface area contributed by atoms with Crippen molar-refractivity contribution in [3.8, 4) is 46.0 Å². The van der Waals surface area contributed by atoms with E-state index in [0.29, 0.717) is 90.5 Å². The first-order valence-electron chi connectivity index (χ1n) is 29.1. The summed E-state index contributed by atoms with van der Waals surface area (Å²) in [5.74, 6) is 4.17. The van der Waals surface area contributed by atoms with Crippen molar-refractivity contribution >= 4 is 76.3 Å². The average molecular weight is 1170 g/mol. The summed E-state index contributed by atoms with van der Waals surface area (Å²) in [4.78, 5) is 55.7. The molecule has 0 amide bonds. The molecule has 0 fully saturated rings. The highest BCUT2D eigenvalue weighted by Gasteiger charge is 2.42. The van der Waals surface area contributed by atoms with Gasteiger partial charge in [0.25, 0.3) is 0 Å². The Labute approximate surface area is 515 Å². The van der Waals surface area contributed by atoms with Crippen LogP contribution in [0.4, 0.5) is 0 Å². The van der Waals surface area contributed by atoms with Crippen molar-refractivity contribution < 1.29 is 38.1 Å². The Morgan fingerprint density at radius 3 is 0.562 bits per heavy atom. The molecule has 0 unspecified atom stereocenters. The summed E-state index contributed by atoms with van der Waals surface area (Å²) >= 11 is 0. The lowest BCUT2D eigenvalue weighted by Gasteiger charge is -2.34. The van der Waals surface area contributed by atoms with Gasteiger partial charge in [0, 0.05) is 44.5 Å². The molecule has 12 aromatic rings. The zero-order valence-corrected chi connectivity index (χ0v) is 48.8. The predicted molar refractivity (Wildman–Crippen MR) is 353 cm³/mol. The van der Waals surface area contributed by atoms with Crippen LogP contribution in [0.5, 0.6) is 46.0 Å². The first-order chi connectivity index (χ1) is 43.6. The van der Waals surface area contributed by atoms with Crippen molar-refractivity contribution in [2.24, 2.45) is 0 Å². The molecular formula is C80H52O8Si. The van der Waals surface area contributed by atoms with Crippen LogP contribution in [0.1, 0.15) is 85.9 Å². The van der Waals surface area contributed by atoms with Crippen molar-refractivity contribution in [1.29, 1.82) is 0 Å². The van der Waals surface area contributed by atoms with Crippen LogP contribution >= 0.6 is 0 Å². The van der Waals surface area contributed by atoms with Crippen LogP contribution in [0.3, 0.4) is 0 Å². The molecule has 24 rings (SSSR count). The molecule has 424 valence electrons. The highest BCUT2D eigenvalue weighted by atomic mass is 28.3.